The minimum Gasteiger partial charge on any atom is -0.492 e. The van der Waals surface area contributed by atoms with Crippen molar-refractivity contribution in [2.45, 2.75) is 19.0 Å². The molecule has 0 aliphatic carbocycles. The molecule has 1 aromatic carbocycles. The topological polar surface area (TPSA) is 21.3 Å². The molecule has 0 aliphatic heterocycles. The van der Waals surface area contributed by atoms with Gasteiger partial charge in [-0.15, -0.1) is 0 Å². The van der Waals surface area contributed by atoms with E-state index in [0.717, 1.165) is 14.5 Å². The molecule has 1 aromatic rings. The Bertz CT molecular complexity index is 443. The van der Waals surface area contributed by atoms with Gasteiger partial charge in [0.1, 0.15) is 5.75 Å². The molecule has 114 valence electrons. The summed E-state index contributed by atoms with van der Waals surface area (Å²) in [5.41, 5.74) is -3.28. The van der Waals surface area contributed by atoms with Crippen molar-refractivity contribution in [3.05, 3.63) is 26.6 Å². The summed E-state index contributed by atoms with van der Waals surface area (Å²) in [6, 6.07) is 3.76. The molecular formula is C12H14Br2F3NOS. The largest absolute Gasteiger partial charge is 0.492 e. The zero-order valence-electron chi connectivity index (χ0n) is 10.7. The predicted octanol–water partition coefficient (Wildman–Crippen LogP) is 4.95. The van der Waals surface area contributed by atoms with Gasteiger partial charge in [-0.2, -0.15) is 13.2 Å². The van der Waals surface area contributed by atoms with Crippen LogP contribution >= 0.6 is 43.6 Å². The average molecular weight is 437 g/mol. The van der Waals surface area contributed by atoms with Crippen molar-refractivity contribution >= 4 is 43.6 Å². The molecule has 1 rings (SSSR count). The van der Waals surface area contributed by atoms with Crippen LogP contribution in [0.5, 0.6) is 5.75 Å². The predicted molar refractivity (Wildman–Crippen MR) is 83.2 cm³/mol. The van der Waals surface area contributed by atoms with E-state index in [-0.39, 0.29) is 24.1 Å². The molecule has 0 bridgehead atoms. The van der Waals surface area contributed by atoms with E-state index < -0.39 is 5.51 Å². The average Bonchev–Trinajstić information content (AvgIpc) is 2.31. The van der Waals surface area contributed by atoms with Gasteiger partial charge in [0, 0.05) is 28.9 Å². The van der Waals surface area contributed by atoms with Crippen molar-refractivity contribution in [3.63, 3.8) is 0 Å². The molecule has 0 aliphatic rings. The van der Waals surface area contributed by atoms with E-state index >= 15 is 0 Å². The summed E-state index contributed by atoms with van der Waals surface area (Å²) in [6.07, 6.45) is 0. The third-order valence-electron chi connectivity index (χ3n) is 2.23. The fraction of sp³-hybridized carbons (Fsp3) is 0.500. The number of alkyl halides is 3. The standard InChI is InChI=1S/C12H14Br2F3NOS/c1-2-19-11-8(5-9(13)6-10(11)14)7-18-3-4-20-12(15,16)17/h5-6,18H,2-4,7H2,1H3. The van der Waals surface area contributed by atoms with Crippen LogP contribution in [0.4, 0.5) is 13.2 Å². The Labute approximate surface area is 137 Å². The van der Waals surface area contributed by atoms with Gasteiger partial charge in [-0.05, 0) is 46.7 Å². The molecule has 0 heterocycles. The summed E-state index contributed by atoms with van der Waals surface area (Å²) in [6.45, 7) is 3.13. The molecule has 0 radical (unpaired) electrons. The van der Waals surface area contributed by atoms with Gasteiger partial charge < -0.3 is 10.1 Å². The number of halogens is 5. The Morgan fingerprint density at radius 1 is 1.30 bits per heavy atom. The molecule has 1 N–H and O–H groups in total. The summed E-state index contributed by atoms with van der Waals surface area (Å²) < 4.78 is 43.2. The van der Waals surface area contributed by atoms with Crippen molar-refractivity contribution in [1.29, 1.82) is 0 Å². The zero-order chi connectivity index (χ0) is 15.2. The number of rotatable bonds is 7. The Kier molecular flexibility index (Phi) is 7.71. The van der Waals surface area contributed by atoms with Crippen LogP contribution < -0.4 is 10.1 Å². The quantitative estimate of drug-likeness (QED) is 0.611. The fourth-order valence-electron chi connectivity index (χ4n) is 1.51. The number of hydrogen-bond acceptors (Lipinski definition) is 3. The van der Waals surface area contributed by atoms with Crippen LogP contribution in [0.3, 0.4) is 0 Å². The molecule has 0 spiro atoms. The maximum atomic E-state index is 12.0. The molecule has 0 fully saturated rings. The maximum Gasteiger partial charge on any atom is 0.441 e. The van der Waals surface area contributed by atoms with E-state index in [2.05, 4.69) is 37.2 Å². The van der Waals surface area contributed by atoms with Crippen molar-refractivity contribution in [3.8, 4) is 5.75 Å². The Morgan fingerprint density at radius 3 is 2.60 bits per heavy atom. The van der Waals surface area contributed by atoms with E-state index in [1.54, 1.807) is 0 Å². The van der Waals surface area contributed by atoms with Gasteiger partial charge in [-0.25, -0.2) is 0 Å². The number of benzene rings is 1. The second-order valence-corrected chi connectivity index (χ2v) is 6.71. The lowest BCUT2D eigenvalue weighted by molar-refractivity contribution is -0.0327. The lowest BCUT2D eigenvalue weighted by atomic mass is 10.2. The first kappa shape index (κ1) is 18.1. The van der Waals surface area contributed by atoms with Gasteiger partial charge in [0.05, 0.1) is 11.1 Å². The number of ether oxygens (including phenoxy) is 1. The summed E-state index contributed by atoms with van der Waals surface area (Å²) in [4.78, 5) is 0. The lowest BCUT2D eigenvalue weighted by Gasteiger charge is -2.14. The van der Waals surface area contributed by atoms with Gasteiger partial charge in [-0.3, -0.25) is 0 Å². The molecule has 0 unspecified atom stereocenters. The SMILES string of the molecule is CCOc1c(Br)cc(Br)cc1CNCCSC(F)(F)F. The van der Waals surface area contributed by atoms with Gasteiger partial charge in [0.2, 0.25) is 0 Å². The van der Waals surface area contributed by atoms with Crippen LogP contribution in [0.1, 0.15) is 12.5 Å². The third-order valence-corrected chi connectivity index (χ3v) is 4.02. The molecule has 0 aromatic heterocycles. The zero-order valence-corrected chi connectivity index (χ0v) is 14.7. The summed E-state index contributed by atoms with van der Waals surface area (Å²) in [5, 5.41) is 2.99. The first-order valence-corrected chi connectivity index (χ1v) is 8.42. The van der Waals surface area contributed by atoms with Crippen LogP contribution in [0.2, 0.25) is 0 Å². The first-order valence-electron chi connectivity index (χ1n) is 5.85. The van der Waals surface area contributed by atoms with Crippen molar-refractivity contribution < 1.29 is 17.9 Å². The first-order chi connectivity index (χ1) is 9.33. The molecular weight excluding hydrogens is 423 g/mol. The summed E-state index contributed by atoms with van der Waals surface area (Å²) in [5.74, 6) is 0.703. The van der Waals surface area contributed by atoms with E-state index in [1.807, 2.05) is 19.1 Å². The van der Waals surface area contributed by atoms with Crippen molar-refractivity contribution in [2.75, 3.05) is 18.9 Å². The highest BCUT2D eigenvalue weighted by atomic mass is 79.9. The van der Waals surface area contributed by atoms with Gasteiger partial charge in [-0.1, -0.05) is 15.9 Å². The van der Waals surface area contributed by atoms with Crippen LogP contribution in [0.25, 0.3) is 0 Å². The molecule has 8 heteroatoms. The van der Waals surface area contributed by atoms with E-state index in [0.29, 0.717) is 18.9 Å². The molecule has 2 nitrogen and oxygen atoms in total. The maximum absolute atomic E-state index is 12.0. The molecule has 0 saturated carbocycles. The number of hydrogen-bond donors (Lipinski definition) is 1. The fourth-order valence-corrected chi connectivity index (χ4v) is 3.42. The Hall–Kier alpha value is 0.0800. The number of thioether (sulfide) groups is 1. The second-order valence-electron chi connectivity index (χ2n) is 3.78. The van der Waals surface area contributed by atoms with Crippen molar-refractivity contribution in [1.82, 2.24) is 5.32 Å². The Morgan fingerprint density at radius 2 is 2.00 bits per heavy atom. The van der Waals surface area contributed by atoms with E-state index in [9.17, 15) is 13.2 Å². The minimum absolute atomic E-state index is 0.0113. The van der Waals surface area contributed by atoms with Gasteiger partial charge in [0.15, 0.2) is 0 Å². The van der Waals surface area contributed by atoms with Crippen LogP contribution in [-0.4, -0.2) is 24.4 Å². The highest BCUT2D eigenvalue weighted by Gasteiger charge is 2.27. The summed E-state index contributed by atoms with van der Waals surface area (Å²) in [7, 11) is 0. The lowest BCUT2D eigenvalue weighted by Crippen LogP contribution is -2.19. The highest BCUT2D eigenvalue weighted by molar-refractivity contribution is 9.11. The molecule has 20 heavy (non-hydrogen) atoms. The molecule has 0 atom stereocenters. The van der Waals surface area contributed by atoms with E-state index in [1.165, 1.54) is 0 Å². The van der Waals surface area contributed by atoms with Gasteiger partial charge in [0.25, 0.3) is 0 Å². The molecule has 0 amide bonds. The third kappa shape index (κ3) is 6.69. The van der Waals surface area contributed by atoms with Crippen LogP contribution in [0, 0.1) is 0 Å². The second kappa shape index (κ2) is 8.51. The minimum atomic E-state index is -4.17. The smallest absolute Gasteiger partial charge is 0.441 e. The van der Waals surface area contributed by atoms with Crippen molar-refractivity contribution in [2.24, 2.45) is 0 Å². The normalized spacial score (nSPS) is 11.7. The van der Waals surface area contributed by atoms with Crippen LogP contribution in [-0.2, 0) is 6.54 Å². The van der Waals surface area contributed by atoms with Crippen LogP contribution in [0.15, 0.2) is 21.1 Å². The molecule has 0 saturated heterocycles. The summed E-state index contributed by atoms with van der Waals surface area (Å²) >= 11 is 6.77. The monoisotopic (exact) mass is 435 g/mol. The highest BCUT2D eigenvalue weighted by Crippen LogP contribution is 2.33. The number of nitrogens with one attached hydrogen (secondary N) is 1. The van der Waals surface area contributed by atoms with E-state index in [4.69, 9.17) is 4.74 Å². The Balaban J connectivity index is 2.54. The van der Waals surface area contributed by atoms with Gasteiger partial charge >= 0.3 is 5.51 Å².